The number of rotatable bonds is 3. The number of carbonyl (C=O) groups excluding carboxylic acids is 2. The van der Waals surface area contributed by atoms with Crippen LogP contribution in [0.4, 0.5) is 9.80 Å². The minimum Gasteiger partial charge on any atom is -0.453 e. The van der Waals surface area contributed by atoms with Gasteiger partial charge in [0, 0.05) is 0 Å². The first kappa shape index (κ1) is 10.7. The van der Waals surface area contributed by atoms with E-state index in [9.17, 15) is 9.59 Å². The number of amides is 1. The summed E-state index contributed by atoms with van der Waals surface area (Å²) in [4.78, 5) is 22.4. The van der Waals surface area contributed by atoms with Gasteiger partial charge < -0.3 is 10.5 Å². The van der Waals surface area contributed by atoms with Gasteiger partial charge in [0.2, 0.25) is 0 Å². The second-order valence-electron chi connectivity index (χ2n) is 2.41. The molecule has 0 fully saturated rings. The number of thiophene rings is 1. The van der Waals surface area contributed by atoms with Crippen molar-refractivity contribution in [3.63, 3.8) is 0 Å². The van der Waals surface area contributed by atoms with Gasteiger partial charge in [-0.2, -0.15) is 0 Å². The molecule has 14 heavy (non-hydrogen) atoms. The van der Waals surface area contributed by atoms with Crippen molar-refractivity contribution in [3.8, 4) is 0 Å². The average Bonchev–Trinajstić information content (AvgIpc) is 2.65. The minimum absolute atomic E-state index is 0.0296. The van der Waals surface area contributed by atoms with Crippen LogP contribution in [0.3, 0.4) is 0 Å². The fourth-order valence-corrected chi connectivity index (χ4v) is 1.65. The van der Waals surface area contributed by atoms with Crippen molar-refractivity contribution in [2.24, 2.45) is 5.73 Å². The number of anilines is 1. The van der Waals surface area contributed by atoms with E-state index in [0.29, 0.717) is 9.88 Å². The van der Waals surface area contributed by atoms with E-state index in [4.69, 9.17) is 5.73 Å². The summed E-state index contributed by atoms with van der Waals surface area (Å²) in [6.45, 7) is -0.0296. The lowest BCUT2D eigenvalue weighted by molar-refractivity contribution is 0.100. The van der Waals surface area contributed by atoms with Gasteiger partial charge >= 0.3 is 6.09 Å². The van der Waals surface area contributed by atoms with E-state index in [0.717, 1.165) is 0 Å². The van der Waals surface area contributed by atoms with Crippen molar-refractivity contribution >= 4 is 28.2 Å². The predicted octanol–water partition coefficient (Wildman–Crippen LogP) is 1.07. The summed E-state index contributed by atoms with van der Waals surface area (Å²) in [5.41, 5.74) is 5.19. The molecule has 1 aromatic heterocycles. The van der Waals surface area contributed by atoms with Crippen LogP contribution in [0.15, 0.2) is 12.1 Å². The van der Waals surface area contributed by atoms with Crippen LogP contribution >= 0.6 is 11.3 Å². The molecule has 3 N–H and O–H groups in total. The van der Waals surface area contributed by atoms with Crippen LogP contribution in [0.25, 0.3) is 0 Å². The molecule has 0 aromatic carbocycles. The third kappa shape index (κ3) is 2.54. The topological polar surface area (TPSA) is 81.4 Å². The molecule has 0 aliphatic heterocycles. The number of nitrogens with two attached hydrogens (primary N) is 1. The number of carbonyl (C=O) groups is 2. The molecule has 1 rings (SSSR count). The highest BCUT2D eigenvalue weighted by Crippen LogP contribution is 2.21. The zero-order valence-electron chi connectivity index (χ0n) is 7.57. The first-order valence-corrected chi connectivity index (χ1v) is 4.67. The van der Waals surface area contributed by atoms with Crippen molar-refractivity contribution in [1.82, 2.24) is 0 Å². The first-order valence-electron chi connectivity index (χ1n) is 3.85. The molecule has 1 heterocycles. The molecular formula is C8H10N2O3S. The Hall–Kier alpha value is -1.40. The fraction of sp³-hybridized carbons (Fsp3) is 0.250. The SMILES string of the molecule is COC(=O)Nc1ccc(C(=O)CN)s1. The highest BCUT2D eigenvalue weighted by atomic mass is 32.1. The monoisotopic (exact) mass is 214 g/mol. The fourth-order valence-electron chi connectivity index (χ4n) is 0.807. The molecule has 0 saturated heterocycles. The molecule has 5 nitrogen and oxygen atoms in total. The van der Waals surface area contributed by atoms with Gasteiger partial charge in [-0.3, -0.25) is 10.1 Å². The number of ketones is 1. The largest absolute Gasteiger partial charge is 0.453 e. The zero-order chi connectivity index (χ0) is 10.6. The third-order valence-electron chi connectivity index (χ3n) is 1.48. The first-order chi connectivity index (χ1) is 6.67. The maximum absolute atomic E-state index is 11.1. The van der Waals surface area contributed by atoms with Gasteiger partial charge in [0.15, 0.2) is 5.78 Å². The molecule has 1 aromatic rings. The Labute approximate surface area is 84.9 Å². The number of hydrogen-bond acceptors (Lipinski definition) is 5. The molecule has 0 bridgehead atoms. The number of ether oxygens (including phenoxy) is 1. The maximum atomic E-state index is 11.1. The van der Waals surface area contributed by atoms with Gasteiger partial charge in [-0.05, 0) is 12.1 Å². The normalized spacial score (nSPS) is 9.57. The van der Waals surface area contributed by atoms with Crippen molar-refractivity contribution in [2.45, 2.75) is 0 Å². The van der Waals surface area contributed by atoms with E-state index < -0.39 is 6.09 Å². The number of Topliss-reactive ketones (excluding diaryl/α,β-unsaturated/α-hetero) is 1. The van der Waals surface area contributed by atoms with Crippen LogP contribution in [0.2, 0.25) is 0 Å². The molecule has 1 amide bonds. The molecule has 6 heteroatoms. The summed E-state index contributed by atoms with van der Waals surface area (Å²) in [6, 6.07) is 3.25. The Morgan fingerprint density at radius 2 is 2.29 bits per heavy atom. The van der Waals surface area contributed by atoms with E-state index in [-0.39, 0.29) is 12.3 Å². The summed E-state index contributed by atoms with van der Waals surface area (Å²) in [5, 5.41) is 3.02. The standard InChI is InChI=1S/C8H10N2O3S/c1-13-8(12)10-7-3-2-6(14-7)5(11)4-9/h2-3H,4,9H2,1H3,(H,10,12). The van der Waals surface area contributed by atoms with E-state index in [2.05, 4.69) is 10.1 Å². The predicted molar refractivity (Wildman–Crippen MR) is 53.7 cm³/mol. The maximum Gasteiger partial charge on any atom is 0.411 e. The van der Waals surface area contributed by atoms with Gasteiger partial charge in [0.1, 0.15) is 0 Å². The molecule has 0 aliphatic carbocycles. The van der Waals surface area contributed by atoms with Crippen LogP contribution in [0, 0.1) is 0 Å². The smallest absolute Gasteiger partial charge is 0.411 e. The van der Waals surface area contributed by atoms with Gasteiger partial charge in [0.05, 0.1) is 23.5 Å². The van der Waals surface area contributed by atoms with Gasteiger partial charge in [-0.1, -0.05) is 0 Å². The van der Waals surface area contributed by atoms with Crippen LogP contribution < -0.4 is 11.1 Å². The van der Waals surface area contributed by atoms with Crippen molar-refractivity contribution in [3.05, 3.63) is 17.0 Å². The summed E-state index contributed by atoms with van der Waals surface area (Å²) < 4.78 is 4.40. The van der Waals surface area contributed by atoms with Crippen molar-refractivity contribution < 1.29 is 14.3 Å². The van der Waals surface area contributed by atoms with E-state index in [1.807, 2.05) is 0 Å². The summed E-state index contributed by atoms with van der Waals surface area (Å²) in [5.74, 6) is -0.145. The van der Waals surface area contributed by atoms with Crippen LogP contribution in [0.5, 0.6) is 0 Å². The Morgan fingerprint density at radius 3 is 2.86 bits per heavy atom. The molecule has 0 spiro atoms. The molecule has 0 radical (unpaired) electrons. The lowest BCUT2D eigenvalue weighted by atomic mass is 10.3. The number of hydrogen-bond donors (Lipinski definition) is 2. The van der Waals surface area contributed by atoms with Crippen LogP contribution in [-0.4, -0.2) is 25.5 Å². The molecular weight excluding hydrogens is 204 g/mol. The second-order valence-corrected chi connectivity index (χ2v) is 3.49. The Morgan fingerprint density at radius 1 is 1.57 bits per heavy atom. The highest BCUT2D eigenvalue weighted by Gasteiger charge is 2.08. The summed E-state index contributed by atoms with van der Waals surface area (Å²) >= 11 is 1.17. The van der Waals surface area contributed by atoms with Gasteiger partial charge in [0.25, 0.3) is 0 Å². The Bertz CT molecular complexity index is 348. The number of nitrogens with one attached hydrogen (secondary N) is 1. The van der Waals surface area contributed by atoms with E-state index in [1.165, 1.54) is 18.4 Å². The van der Waals surface area contributed by atoms with Crippen molar-refractivity contribution in [1.29, 1.82) is 0 Å². The lowest BCUT2D eigenvalue weighted by Crippen LogP contribution is -2.12. The average molecular weight is 214 g/mol. The van der Waals surface area contributed by atoms with Crippen LogP contribution in [-0.2, 0) is 4.74 Å². The van der Waals surface area contributed by atoms with E-state index in [1.54, 1.807) is 12.1 Å². The van der Waals surface area contributed by atoms with Crippen molar-refractivity contribution in [2.75, 3.05) is 19.0 Å². The van der Waals surface area contributed by atoms with Gasteiger partial charge in [-0.25, -0.2) is 4.79 Å². The quantitative estimate of drug-likeness (QED) is 0.737. The highest BCUT2D eigenvalue weighted by molar-refractivity contribution is 7.18. The zero-order valence-corrected chi connectivity index (χ0v) is 8.39. The molecule has 76 valence electrons. The molecule has 0 saturated carbocycles. The third-order valence-corrected chi connectivity index (χ3v) is 2.52. The lowest BCUT2D eigenvalue weighted by Gasteiger charge is -1.98. The number of methoxy groups -OCH3 is 1. The second kappa shape index (κ2) is 4.73. The molecule has 0 unspecified atom stereocenters. The Balaban J connectivity index is 2.68. The summed E-state index contributed by atoms with van der Waals surface area (Å²) in [6.07, 6.45) is -0.557. The molecule has 0 atom stereocenters. The van der Waals surface area contributed by atoms with E-state index >= 15 is 0 Å². The molecule has 0 aliphatic rings. The summed E-state index contributed by atoms with van der Waals surface area (Å²) in [7, 11) is 1.27. The minimum atomic E-state index is -0.557. The Kier molecular flexibility index (Phi) is 3.61. The van der Waals surface area contributed by atoms with Gasteiger partial charge in [-0.15, -0.1) is 11.3 Å². The van der Waals surface area contributed by atoms with Crippen LogP contribution in [0.1, 0.15) is 9.67 Å².